The fraction of sp³-hybridized carbons (Fsp3) is 0.0833. The van der Waals surface area contributed by atoms with Crippen LogP contribution in [0.3, 0.4) is 0 Å². The highest BCUT2D eigenvalue weighted by Gasteiger charge is 2.03. The Balaban J connectivity index is 2.06. The van der Waals surface area contributed by atoms with Crippen molar-refractivity contribution >= 4 is 33.3 Å². The molecular weight excluding hydrogens is 318 g/mol. The molecule has 94 valence electrons. The summed E-state index contributed by atoms with van der Waals surface area (Å²) in [7, 11) is 0. The van der Waals surface area contributed by atoms with Crippen LogP contribution in [-0.4, -0.2) is 4.98 Å². The topological polar surface area (TPSA) is 60.2 Å². The molecule has 0 spiro atoms. The first-order chi connectivity index (χ1) is 8.69. The van der Waals surface area contributed by atoms with E-state index in [1.54, 1.807) is 24.3 Å². The molecule has 0 saturated carbocycles. The van der Waals surface area contributed by atoms with Gasteiger partial charge >= 0.3 is 0 Å². The van der Waals surface area contributed by atoms with E-state index in [9.17, 15) is 0 Å². The summed E-state index contributed by atoms with van der Waals surface area (Å²) in [6.45, 7) is 0.357. The summed E-state index contributed by atoms with van der Waals surface area (Å²) in [6, 6.07) is 10.9. The van der Waals surface area contributed by atoms with E-state index in [1.807, 2.05) is 12.1 Å². The van der Waals surface area contributed by atoms with Crippen LogP contribution in [0.5, 0.6) is 5.75 Å². The number of hydrogen-bond donors (Lipinski definition) is 2. The number of nitrogens with one attached hydrogen (secondary N) is 1. The van der Waals surface area contributed by atoms with Gasteiger partial charge in [0.1, 0.15) is 18.2 Å². The second-order valence-electron chi connectivity index (χ2n) is 3.52. The smallest absolute Gasteiger partial charge is 0.140 e. The van der Waals surface area contributed by atoms with Gasteiger partial charge in [0.15, 0.2) is 0 Å². The maximum atomic E-state index is 5.85. The zero-order chi connectivity index (χ0) is 13.0. The van der Waals surface area contributed by atoms with E-state index in [0.717, 1.165) is 10.2 Å². The summed E-state index contributed by atoms with van der Waals surface area (Å²) >= 11 is 9.24. The predicted octanol–water partition coefficient (Wildman–Crippen LogP) is 3.36. The summed E-state index contributed by atoms with van der Waals surface area (Å²) in [5, 5.41) is 0.654. The van der Waals surface area contributed by atoms with E-state index in [-0.39, 0.29) is 0 Å². The Morgan fingerprint density at radius 1 is 1.33 bits per heavy atom. The van der Waals surface area contributed by atoms with Crippen molar-refractivity contribution in [2.75, 3.05) is 5.43 Å². The Labute approximate surface area is 118 Å². The third-order valence-corrected chi connectivity index (χ3v) is 3.08. The van der Waals surface area contributed by atoms with Gasteiger partial charge in [-0.3, -0.25) is 0 Å². The minimum absolute atomic E-state index is 0.357. The molecule has 4 nitrogen and oxygen atoms in total. The normalized spacial score (nSPS) is 10.2. The molecule has 0 atom stereocenters. The first-order valence-electron chi connectivity index (χ1n) is 5.19. The average molecular weight is 329 g/mol. The number of halogens is 2. The van der Waals surface area contributed by atoms with E-state index in [0.29, 0.717) is 23.2 Å². The van der Waals surface area contributed by atoms with Gasteiger partial charge in [0.05, 0.1) is 10.2 Å². The summed E-state index contributed by atoms with van der Waals surface area (Å²) in [5.74, 6) is 6.61. The van der Waals surface area contributed by atoms with Crippen molar-refractivity contribution in [2.24, 2.45) is 5.84 Å². The van der Waals surface area contributed by atoms with Gasteiger partial charge in [0.2, 0.25) is 0 Å². The van der Waals surface area contributed by atoms with Gasteiger partial charge in [0, 0.05) is 5.02 Å². The van der Waals surface area contributed by atoms with Crippen molar-refractivity contribution in [1.29, 1.82) is 0 Å². The maximum Gasteiger partial charge on any atom is 0.140 e. The van der Waals surface area contributed by atoms with Crippen LogP contribution in [0.25, 0.3) is 0 Å². The lowest BCUT2D eigenvalue weighted by Gasteiger charge is -2.08. The fourth-order valence-corrected chi connectivity index (χ4v) is 2.18. The molecule has 0 aliphatic carbocycles. The van der Waals surface area contributed by atoms with E-state index in [4.69, 9.17) is 22.2 Å². The molecule has 0 amide bonds. The maximum absolute atomic E-state index is 5.85. The summed E-state index contributed by atoms with van der Waals surface area (Å²) in [5.41, 5.74) is 3.28. The second-order valence-corrected chi connectivity index (χ2v) is 4.81. The quantitative estimate of drug-likeness (QED) is 0.667. The number of anilines is 1. The Kier molecular flexibility index (Phi) is 4.41. The standard InChI is InChI=1S/C12H11BrClN3O/c13-10-6-8(14)4-5-11(10)18-7-9-2-1-3-12(16-9)17-15/h1-6H,7,15H2,(H,16,17). The van der Waals surface area contributed by atoms with Crippen LogP contribution in [-0.2, 0) is 6.61 Å². The van der Waals surface area contributed by atoms with Crippen molar-refractivity contribution in [3.05, 3.63) is 51.6 Å². The number of nitrogen functional groups attached to an aromatic ring is 1. The van der Waals surface area contributed by atoms with E-state index < -0.39 is 0 Å². The van der Waals surface area contributed by atoms with Gasteiger partial charge in [-0.15, -0.1) is 0 Å². The van der Waals surface area contributed by atoms with Crippen LogP contribution in [0.1, 0.15) is 5.69 Å². The molecule has 0 unspecified atom stereocenters. The van der Waals surface area contributed by atoms with Gasteiger partial charge in [0.25, 0.3) is 0 Å². The molecule has 2 aromatic rings. The summed E-state index contributed by atoms with van der Waals surface area (Å²) in [6.07, 6.45) is 0. The zero-order valence-corrected chi connectivity index (χ0v) is 11.7. The molecular formula is C12H11BrClN3O. The molecule has 1 heterocycles. The van der Waals surface area contributed by atoms with Gasteiger partial charge < -0.3 is 10.2 Å². The van der Waals surface area contributed by atoms with Crippen LogP contribution < -0.4 is 16.0 Å². The van der Waals surface area contributed by atoms with Crippen molar-refractivity contribution in [3.8, 4) is 5.75 Å². The van der Waals surface area contributed by atoms with Gasteiger partial charge in [-0.05, 0) is 46.3 Å². The molecule has 0 radical (unpaired) electrons. The van der Waals surface area contributed by atoms with Crippen molar-refractivity contribution in [3.63, 3.8) is 0 Å². The molecule has 0 fully saturated rings. The molecule has 2 rings (SSSR count). The van der Waals surface area contributed by atoms with E-state index in [1.165, 1.54) is 0 Å². The fourth-order valence-electron chi connectivity index (χ4n) is 1.38. The Bertz CT molecular complexity index is 551. The Hall–Kier alpha value is -1.30. The number of rotatable bonds is 4. The number of hydrazine groups is 1. The van der Waals surface area contributed by atoms with E-state index >= 15 is 0 Å². The SMILES string of the molecule is NNc1cccc(COc2ccc(Cl)cc2Br)n1. The summed E-state index contributed by atoms with van der Waals surface area (Å²) in [4.78, 5) is 4.25. The second kappa shape index (κ2) is 6.04. The highest BCUT2D eigenvalue weighted by Crippen LogP contribution is 2.28. The minimum atomic E-state index is 0.357. The molecule has 0 saturated heterocycles. The summed E-state index contributed by atoms with van der Waals surface area (Å²) < 4.78 is 6.45. The minimum Gasteiger partial charge on any atom is -0.486 e. The molecule has 0 aliphatic rings. The largest absolute Gasteiger partial charge is 0.486 e. The number of benzene rings is 1. The van der Waals surface area contributed by atoms with Crippen LogP contribution in [0.4, 0.5) is 5.82 Å². The molecule has 1 aromatic heterocycles. The molecule has 6 heteroatoms. The van der Waals surface area contributed by atoms with Crippen LogP contribution >= 0.6 is 27.5 Å². The lowest BCUT2D eigenvalue weighted by molar-refractivity contribution is 0.299. The predicted molar refractivity (Wildman–Crippen MR) is 75.5 cm³/mol. The molecule has 0 aliphatic heterocycles. The number of aromatic nitrogens is 1. The third kappa shape index (κ3) is 3.35. The van der Waals surface area contributed by atoms with Crippen LogP contribution in [0.15, 0.2) is 40.9 Å². The number of nitrogens with two attached hydrogens (primary N) is 1. The number of pyridine rings is 1. The molecule has 1 aromatic carbocycles. The molecule has 18 heavy (non-hydrogen) atoms. The lowest BCUT2D eigenvalue weighted by Crippen LogP contribution is -2.09. The lowest BCUT2D eigenvalue weighted by atomic mass is 10.3. The Morgan fingerprint density at radius 2 is 2.17 bits per heavy atom. The monoisotopic (exact) mass is 327 g/mol. The highest BCUT2D eigenvalue weighted by atomic mass is 79.9. The van der Waals surface area contributed by atoms with Crippen molar-refractivity contribution in [1.82, 2.24) is 4.98 Å². The Morgan fingerprint density at radius 3 is 2.89 bits per heavy atom. The first kappa shape index (κ1) is 13.1. The number of nitrogens with zero attached hydrogens (tertiary/aromatic N) is 1. The van der Waals surface area contributed by atoms with Crippen LogP contribution in [0.2, 0.25) is 5.02 Å². The van der Waals surface area contributed by atoms with Crippen molar-refractivity contribution in [2.45, 2.75) is 6.61 Å². The first-order valence-corrected chi connectivity index (χ1v) is 6.36. The molecule has 3 N–H and O–H groups in total. The third-order valence-electron chi connectivity index (χ3n) is 2.22. The van der Waals surface area contributed by atoms with Crippen molar-refractivity contribution < 1.29 is 4.74 Å². The highest BCUT2D eigenvalue weighted by molar-refractivity contribution is 9.10. The van der Waals surface area contributed by atoms with E-state index in [2.05, 4.69) is 26.3 Å². The van der Waals surface area contributed by atoms with Gasteiger partial charge in [-0.2, -0.15) is 0 Å². The number of hydrogen-bond acceptors (Lipinski definition) is 4. The number of ether oxygens (including phenoxy) is 1. The zero-order valence-electron chi connectivity index (χ0n) is 9.36. The average Bonchev–Trinajstić information content (AvgIpc) is 2.38. The van der Waals surface area contributed by atoms with Gasteiger partial charge in [-0.25, -0.2) is 10.8 Å². The molecule has 0 bridgehead atoms. The van der Waals surface area contributed by atoms with Crippen LogP contribution in [0, 0.1) is 0 Å². The van der Waals surface area contributed by atoms with Gasteiger partial charge in [-0.1, -0.05) is 17.7 Å².